The van der Waals surface area contributed by atoms with Crippen molar-refractivity contribution in [1.82, 2.24) is 0 Å². The Morgan fingerprint density at radius 2 is 1.06 bits per heavy atom. The van der Waals surface area contributed by atoms with Gasteiger partial charge in [0.25, 0.3) is 10.1 Å². The van der Waals surface area contributed by atoms with Gasteiger partial charge in [-0.2, -0.15) is 8.42 Å². The molecule has 0 bridgehead atoms. The number of esters is 2. The molecule has 6 atom stereocenters. The maximum Gasteiger partial charge on any atom is 0.306 e. The summed E-state index contributed by atoms with van der Waals surface area (Å²) in [5.41, 5.74) is 0. The van der Waals surface area contributed by atoms with Crippen molar-refractivity contribution < 1.29 is 56.8 Å². The summed E-state index contributed by atoms with van der Waals surface area (Å²) in [5, 5.41) is 30.8. The Bertz CT molecular complexity index is 1110. The van der Waals surface area contributed by atoms with Gasteiger partial charge in [0.05, 0.1) is 6.61 Å². The molecule has 1 aliphatic heterocycles. The van der Waals surface area contributed by atoms with Crippen LogP contribution >= 0.6 is 0 Å². The number of carbonyl (C=O) groups is 2. The summed E-state index contributed by atoms with van der Waals surface area (Å²) in [6.45, 7) is 3.69. The van der Waals surface area contributed by atoms with Crippen LogP contribution in [-0.2, 0) is 38.7 Å². The fourth-order valence-electron chi connectivity index (χ4n) is 6.19. The van der Waals surface area contributed by atoms with E-state index in [1.807, 2.05) is 0 Å². The van der Waals surface area contributed by atoms with Crippen LogP contribution < -0.4 is 0 Å². The molecule has 1 rings (SSSR count). The van der Waals surface area contributed by atoms with Crippen molar-refractivity contribution in [1.29, 1.82) is 0 Å². The molecule has 13 heteroatoms. The normalized spacial score (nSPS) is 21.2. The highest BCUT2D eigenvalue weighted by Crippen LogP contribution is 2.24. The Morgan fingerprint density at radius 1 is 0.611 bits per heavy atom. The number of ether oxygens (including phenoxy) is 4. The van der Waals surface area contributed by atoms with Crippen molar-refractivity contribution in [2.45, 2.75) is 205 Å². The molecule has 1 fully saturated rings. The van der Waals surface area contributed by atoms with E-state index in [1.165, 1.54) is 51.4 Å². The van der Waals surface area contributed by atoms with Crippen LogP contribution in [0.5, 0.6) is 0 Å². The van der Waals surface area contributed by atoms with E-state index in [0.29, 0.717) is 12.8 Å². The third-order valence-corrected chi connectivity index (χ3v) is 10.3. The first kappa shape index (κ1) is 50.1. The summed E-state index contributed by atoms with van der Waals surface area (Å²) in [6.07, 6.45) is 23.7. The number of hydrogen-bond donors (Lipinski definition) is 4. The van der Waals surface area contributed by atoms with Gasteiger partial charge in [-0.15, -0.1) is 0 Å². The second-order valence-corrected chi connectivity index (χ2v) is 16.1. The highest BCUT2D eigenvalue weighted by atomic mass is 32.2. The number of aliphatic hydroxyl groups is 3. The van der Waals surface area contributed by atoms with Crippen LogP contribution in [0.1, 0.15) is 168 Å². The first-order valence-electron chi connectivity index (χ1n) is 20.9. The van der Waals surface area contributed by atoms with Crippen molar-refractivity contribution in [3.05, 3.63) is 24.3 Å². The van der Waals surface area contributed by atoms with E-state index in [4.69, 9.17) is 18.9 Å². The average molecular weight is 791 g/mol. The molecule has 0 aromatic carbocycles. The van der Waals surface area contributed by atoms with Crippen LogP contribution in [0.15, 0.2) is 24.3 Å². The van der Waals surface area contributed by atoms with Gasteiger partial charge in [0.15, 0.2) is 12.4 Å². The second-order valence-electron chi connectivity index (χ2n) is 14.6. The lowest BCUT2D eigenvalue weighted by molar-refractivity contribution is -0.297. The fourth-order valence-corrected chi connectivity index (χ4v) is 6.88. The SMILES string of the molecule is CCCCC/C=C/CCCCCCCC(=O)OC[C@H](CO[C@H]1O[C@H](CS(=O)(=O)O)[C@@H](O)C(O)C1O)OC(=O)CCCCCCC/C=C/CCCCCCC. The standard InChI is InChI=1S/C41H74O12S/c1-3-5-7-9-11-13-15-17-18-20-22-24-26-28-30-37(43)52-34(32-51-41-40(46)39(45)38(44)35(53-41)33-54(47,48)49)31-50-36(42)29-27-25-23-21-19-16-14-12-10-8-6-4-2/h12,14-15,17,34-35,38-41,44-46H,3-11,13,16,18-33H2,1-2H3,(H,47,48,49)/b14-12+,17-15+/t34-,35-,38-,39?,40?,41+/m1/s1. The van der Waals surface area contributed by atoms with E-state index in [1.54, 1.807) is 0 Å². The fraction of sp³-hybridized carbons (Fsp3) is 0.854. The van der Waals surface area contributed by atoms with Crippen LogP contribution in [0, 0.1) is 0 Å². The Morgan fingerprint density at radius 3 is 1.57 bits per heavy atom. The molecule has 316 valence electrons. The van der Waals surface area contributed by atoms with E-state index < -0.39 is 71.2 Å². The third-order valence-electron chi connectivity index (χ3n) is 9.50. The number of allylic oxidation sites excluding steroid dienone is 4. The zero-order chi connectivity index (χ0) is 39.9. The molecule has 1 heterocycles. The Hall–Kier alpha value is -1.87. The number of unbranched alkanes of at least 4 members (excludes halogenated alkanes) is 18. The molecule has 0 aliphatic carbocycles. The van der Waals surface area contributed by atoms with Crippen LogP contribution in [0.25, 0.3) is 0 Å². The van der Waals surface area contributed by atoms with Gasteiger partial charge in [0, 0.05) is 12.8 Å². The van der Waals surface area contributed by atoms with Crippen LogP contribution in [0.3, 0.4) is 0 Å². The maximum absolute atomic E-state index is 12.8. The zero-order valence-corrected chi connectivity index (χ0v) is 34.1. The Labute approximate surface area is 326 Å². The van der Waals surface area contributed by atoms with Crippen molar-refractivity contribution in [2.75, 3.05) is 19.0 Å². The maximum atomic E-state index is 12.8. The average Bonchev–Trinajstić information content (AvgIpc) is 3.13. The molecule has 54 heavy (non-hydrogen) atoms. The van der Waals surface area contributed by atoms with Gasteiger partial charge in [-0.25, -0.2) is 0 Å². The quantitative estimate of drug-likeness (QED) is 0.0216. The summed E-state index contributed by atoms with van der Waals surface area (Å²) in [6, 6.07) is 0. The Kier molecular flexibility index (Phi) is 29.9. The van der Waals surface area contributed by atoms with Gasteiger partial charge >= 0.3 is 11.9 Å². The van der Waals surface area contributed by atoms with E-state index >= 15 is 0 Å². The Balaban J connectivity index is 2.51. The molecule has 0 amide bonds. The van der Waals surface area contributed by atoms with E-state index in [9.17, 15) is 37.9 Å². The van der Waals surface area contributed by atoms with Crippen LogP contribution in [0.4, 0.5) is 0 Å². The van der Waals surface area contributed by atoms with Gasteiger partial charge in [0.1, 0.15) is 36.8 Å². The lowest BCUT2D eigenvalue weighted by Gasteiger charge is -2.40. The zero-order valence-electron chi connectivity index (χ0n) is 33.3. The monoisotopic (exact) mass is 790 g/mol. The number of carbonyl (C=O) groups excluding carboxylic acids is 2. The van der Waals surface area contributed by atoms with Crippen molar-refractivity contribution in [3.63, 3.8) is 0 Å². The smallest absolute Gasteiger partial charge is 0.306 e. The minimum Gasteiger partial charge on any atom is -0.462 e. The van der Waals surface area contributed by atoms with E-state index in [0.717, 1.165) is 77.0 Å². The van der Waals surface area contributed by atoms with Gasteiger partial charge < -0.3 is 34.3 Å². The number of aliphatic hydroxyl groups excluding tert-OH is 3. The largest absolute Gasteiger partial charge is 0.462 e. The molecule has 2 unspecified atom stereocenters. The molecular weight excluding hydrogens is 717 g/mol. The topological polar surface area (TPSA) is 186 Å². The van der Waals surface area contributed by atoms with Crippen molar-refractivity contribution >= 4 is 22.1 Å². The molecular formula is C41H74O12S. The molecule has 0 aromatic heterocycles. The molecule has 1 aliphatic rings. The van der Waals surface area contributed by atoms with Gasteiger partial charge in [-0.3, -0.25) is 14.1 Å². The summed E-state index contributed by atoms with van der Waals surface area (Å²) >= 11 is 0. The molecule has 12 nitrogen and oxygen atoms in total. The van der Waals surface area contributed by atoms with Gasteiger partial charge in [0.2, 0.25) is 0 Å². The highest BCUT2D eigenvalue weighted by molar-refractivity contribution is 7.85. The lowest BCUT2D eigenvalue weighted by atomic mass is 10.00. The molecule has 0 aromatic rings. The lowest BCUT2D eigenvalue weighted by Crippen LogP contribution is -2.60. The van der Waals surface area contributed by atoms with Crippen LogP contribution in [0.2, 0.25) is 0 Å². The highest BCUT2D eigenvalue weighted by Gasteiger charge is 2.46. The van der Waals surface area contributed by atoms with Gasteiger partial charge in [-0.1, -0.05) is 115 Å². The van der Waals surface area contributed by atoms with Crippen molar-refractivity contribution in [3.8, 4) is 0 Å². The van der Waals surface area contributed by atoms with E-state index in [-0.39, 0.29) is 19.4 Å². The molecule has 4 N–H and O–H groups in total. The molecule has 0 spiro atoms. The van der Waals surface area contributed by atoms with E-state index in [2.05, 4.69) is 38.2 Å². The summed E-state index contributed by atoms with van der Waals surface area (Å²) in [4.78, 5) is 25.3. The minimum absolute atomic E-state index is 0.154. The number of hydrogen-bond acceptors (Lipinski definition) is 11. The predicted octanol–water partition coefficient (Wildman–Crippen LogP) is 7.67. The molecule has 1 saturated heterocycles. The first-order chi connectivity index (χ1) is 26.0. The van der Waals surface area contributed by atoms with Gasteiger partial charge in [-0.05, 0) is 64.2 Å². The summed E-state index contributed by atoms with van der Waals surface area (Å²) in [7, 11) is -4.60. The van der Waals surface area contributed by atoms with Crippen LogP contribution in [-0.4, -0.2) is 96.0 Å². The second kappa shape index (κ2) is 32.2. The molecule has 0 radical (unpaired) electrons. The van der Waals surface area contributed by atoms with Crippen molar-refractivity contribution in [2.24, 2.45) is 0 Å². The number of rotatable bonds is 34. The minimum atomic E-state index is -4.60. The third kappa shape index (κ3) is 26.9. The first-order valence-corrected chi connectivity index (χ1v) is 22.5. The summed E-state index contributed by atoms with van der Waals surface area (Å²) in [5.74, 6) is -2.00. The molecule has 0 saturated carbocycles. The predicted molar refractivity (Wildman–Crippen MR) is 210 cm³/mol. The summed E-state index contributed by atoms with van der Waals surface area (Å²) < 4.78 is 53.9.